The van der Waals surface area contributed by atoms with Crippen molar-refractivity contribution in [3.63, 3.8) is 0 Å². The van der Waals surface area contributed by atoms with E-state index in [9.17, 15) is 13.2 Å². The molecule has 27 heavy (non-hydrogen) atoms. The van der Waals surface area contributed by atoms with Crippen LogP contribution in [-0.4, -0.2) is 68.0 Å². The zero-order valence-electron chi connectivity index (χ0n) is 16.2. The van der Waals surface area contributed by atoms with E-state index in [4.69, 9.17) is 0 Å². The minimum atomic E-state index is -3.32. The SMILES string of the molecule is Cc1ccc(CC(=O)N(CCS(=O)(=O)N2CCNCC2)C2CCCC2)cc1. The monoisotopic (exact) mass is 393 g/mol. The molecule has 1 aromatic rings. The van der Waals surface area contributed by atoms with Gasteiger partial charge in [0.15, 0.2) is 0 Å². The Balaban J connectivity index is 1.65. The number of carbonyl (C=O) groups excluding carboxylic acids is 1. The lowest BCUT2D eigenvalue weighted by molar-refractivity contribution is -0.132. The minimum absolute atomic E-state index is 0.0170. The molecule has 1 heterocycles. The molecule has 2 fully saturated rings. The molecular formula is C20H31N3O3S. The number of nitrogens with zero attached hydrogens (tertiary/aromatic N) is 2. The predicted molar refractivity (Wildman–Crippen MR) is 107 cm³/mol. The van der Waals surface area contributed by atoms with E-state index in [1.807, 2.05) is 36.1 Å². The Morgan fingerprint density at radius 1 is 1.15 bits per heavy atom. The van der Waals surface area contributed by atoms with Crippen LogP contribution in [-0.2, 0) is 21.2 Å². The standard InChI is InChI=1S/C20H31N3O3S/c1-17-6-8-18(9-7-17)16-20(24)23(19-4-2-3-5-19)14-15-27(25,26)22-12-10-21-11-13-22/h6-9,19,21H,2-5,10-16H2,1H3. The number of sulfonamides is 1. The fourth-order valence-corrected chi connectivity index (χ4v) is 5.40. The lowest BCUT2D eigenvalue weighted by Crippen LogP contribution is -2.49. The molecule has 6 nitrogen and oxygen atoms in total. The molecule has 1 aliphatic heterocycles. The molecule has 0 radical (unpaired) electrons. The molecule has 1 aromatic carbocycles. The first-order chi connectivity index (χ1) is 13.0. The van der Waals surface area contributed by atoms with Crippen molar-refractivity contribution in [3.05, 3.63) is 35.4 Å². The van der Waals surface area contributed by atoms with E-state index in [2.05, 4.69) is 5.32 Å². The van der Waals surface area contributed by atoms with E-state index in [0.29, 0.717) is 39.1 Å². The Hall–Kier alpha value is -1.44. The van der Waals surface area contributed by atoms with Crippen molar-refractivity contribution >= 4 is 15.9 Å². The zero-order valence-corrected chi connectivity index (χ0v) is 17.0. The topological polar surface area (TPSA) is 69.7 Å². The Bertz CT molecular complexity index is 721. The van der Waals surface area contributed by atoms with Gasteiger partial charge in [-0.1, -0.05) is 42.7 Å². The number of carbonyl (C=O) groups is 1. The zero-order chi connectivity index (χ0) is 19.3. The third-order valence-electron chi connectivity index (χ3n) is 5.62. The molecule has 7 heteroatoms. The number of aryl methyl sites for hydroxylation is 1. The normalized spacial score (nSPS) is 19.3. The fourth-order valence-electron chi connectivity index (χ4n) is 3.97. The van der Waals surface area contributed by atoms with E-state index < -0.39 is 10.0 Å². The molecule has 0 aromatic heterocycles. The number of benzene rings is 1. The van der Waals surface area contributed by atoms with Crippen LogP contribution in [0.2, 0.25) is 0 Å². The van der Waals surface area contributed by atoms with Crippen molar-refractivity contribution in [3.8, 4) is 0 Å². The Morgan fingerprint density at radius 2 is 1.78 bits per heavy atom. The summed E-state index contributed by atoms with van der Waals surface area (Å²) in [6.07, 6.45) is 4.53. The number of hydrogen-bond acceptors (Lipinski definition) is 4. The van der Waals surface area contributed by atoms with Gasteiger partial charge >= 0.3 is 0 Å². The molecule has 0 spiro atoms. The van der Waals surface area contributed by atoms with E-state index in [0.717, 1.165) is 31.2 Å². The number of piperazine rings is 1. The number of amides is 1. The summed E-state index contributed by atoms with van der Waals surface area (Å²) >= 11 is 0. The number of hydrogen-bond donors (Lipinski definition) is 1. The molecule has 150 valence electrons. The summed E-state index contributed by atoms with van der Waals surface area (Å²) in [5.74, 6) is 0.0598. The quantitative estimate of drug-likeness (QED) is 0.763. The second kappa shape index (κ2) is 9.17. The van der Waals surface area contributed by atoms with Crippen molar-refractivity contribution in [2.24, 2.45) is 0 Å². The molecule has 1 saturated heterocycles. The van der Waals surface area contributed by atoms with Crippen molar-refractivity contribution in [2.45, 2.75) is 45.1 Å². The van der Waals surface area contributed by atoms with Crippen LogP contribution in [0.1, 0.15) is 36.8 Å². The lowest BCUT2D eigenvalue weighted by Gasteiger charge is -2.31. The molecule has 1 amide bonds. The van der Waals surface area contributed by atoms with E-state index in [-0.39, 0.29) is 17.7 Å². The smallest absolute Gasteiger partial charge is 0.227 e. The molecule has 0 atom stereocenters. The first kappa shape index (κ1) is 20.3. The highest BCUT2D eigenvalue weighted by Gasteiger charge is 2.30. The van der Waals surface area contributed by atoms with Gasteiger partial charge in [0.25, 0.3) is 0 Å². The van der Waals surface area contributed by atoms with Gasteiger partial charge in [-0.05, 0) is 25.3 Å². The Morgan fingerprint density at radius 3 is 2.41 bits per heavy atom. The highest BCUT2D eigenvalue weighted by Crippen LogP contribution is 2.24. The summed E-state index contributed by atoms with van der Waals surface area (Å²) in [5.41, 5.74) is 2.15. The number of rotatable bonds is 7. The van der Waals surface area contributed by atoms with Crippen LogP contribution in [0.3, 0.4) is 0 Å². The van der Waals surface area contributed by atoms with Crippen molar-refractivity contribution in [2.75, 3.05) is 38.5 Å². The third-order valence-corrected chi connectivity index (χ3v) is 7.47. The van der Waals surface area contributed by atoms with Gasteiger partial charge in [0, 0.05) is 38.8 Å². The molecule has 0 unspecified atom stereocenters. The Kier molecular flexibility index (Phi) is 6.89. The maximum Gasteiger partial charge on any atom is 0.227 e. The van der Waals surface area contributed by atoms with Crippen molar-refractivity contribution in [1.29, 1.82) is 0 Å². The summed E-state index contributed by atoms with van der Waals surface area (Å²) < 4.78 is 26.9. The number of nitrogens with one attached hydrogen (secondary N) is 1. The van der Waals surface area contributed by atoms with Gasteiger partial charge in [0.1, 0.15) is 0 Å². The van der Waals surface area contributed by atoms with Gasteiger partial charge in [-0.2, -0.15) is 4.31 Å². The summed E-state index contributed by atoms with van der Waals surface area (Å²) in [7, 11) is -3.32. The van der Waals surface area contributed by atoms with Crippen LogP contribution in [0.25, 0.3) is 0 Å². The molecular weight excluding hydrogens is 362 g/mol. The average molecular weight is 394 g/mol. The van der Waals surface area contributed by atoms with Crippen LogP contribution in [0.5, 0.6) is 0 Å². The fraction of sp³-hybridized carbons (Fsp3) is 0.650. The first-order valence-electron chi connectivity index (χ1n) is 9.99. The maximum atomic E-state index is 13.0. The molecule has 1 N–H and O–H groups in total. The van der Waals surface area contributed by atoms with Crippen molar-refractivity contribution < 1.29 is 13.2 Å². The van der Waals surface area contributed by atoms with Crippen LogP contribution < -0.4 is 5.32 Å². The summed E-state index contributed by atoms with van der Waals surface area (Å²) in [5, 5.41) is 3.18. The van der Waals surface area contributed by atoms with Gasteiger partial charge in [0.2, 0.25) is 15.9 Å². The van der Waals surface area contributed by atoms with Crippen LogP contribution >= 0.6 is 0 Å². The molecule has 1 aliphatic carbocycles. The first-order valence-corrected chi connectivity index (χ1v) is 11.6. The predicted octanol–water partition coefficient (Wildman–Crippen LogP) is 1.54. The molecule has 2 aliphatic rings. The maximum absolute atomic E-state index is 13.0. The Labute approximate surface area is 163 Å². The summed E-state index contributed by atoms with van der Waals surface area (Å²) in [6, 6.07) is 8.17. The van der Waals surface area contributed by atoms with Crippen LogP contribution in [0.15, 0.2) is 24.3 Å². The van der Waals surface area contributed by atoms with Gasteiger partial charge < -0.3 is 10.2 Å². The van der Waals surface area contributed by atoms with E-state index in [1.54, 1.807) is 4.31 Å². The average Bonchev–Trinajstić information content (AvgIpc) is 3.19. The van der Waals surface area contributed by atoms with Gasteiger partial charge in [-0.25, -0.2) is 8.42 Å². The van der Waals surface area contributed by atoms with Crippen molar-refractivity contribution in [1.82, 2.24) is 14.5 Å². The van der Waals surface area contributed by atoms with Crippen LogP contribution in [0.4, 0.5) is 0 Å². The van der Waals surface area contributed by atoms with Gasteiger partial charge in [-0.15, -0.1) is 0 Å². The largest absolute Gasteiger partial charge is 0.338 e. The molecule has 0 bridgehead atoms. The summed E-state index contributed by atoms with van der Waals surface area (Å²) in [4.78, 5) is 14.8. The third kappa shape index (κ3) is 5.53. The summed E-state index contributed by atoms with van der Waals surface area (Å²) in [6.45, 7) is 4.74. The van der Waals surface area contributed by atoms with E-state index >= 15 is 0 Å². The highest BCUT2D eigenvalue weighted by molar-refractivity contribution is 7.89. The second-order valence-electron chi connectivity index (χ2n) is 7.65. The lowest BCUT2D eigenvalue weighted by atomic mass is 10.1. The van der Waals surface area contributed by atoms with Crippen LogP contribution in [0, 0.1) is 6.92 Å². The van der Waals surface area contributed by atoms with Gasteiger partial charge in [-0.3, -0.25) is 4.79 Å². The van der Waals surface area contributed by atoms with Gasteiger partial charge in [0.05, 0.1) is 12.2 Å². The molecule has 1 saturated carbocycles. The molecule has 3 rings (SSSR count). The highest BCUT2D eigenvalue weighted by atomic mass is 32.2. The minimum Gasteiger partial charge on any atom is -0.338 e. The second-order valence-corrected chi connectivity index (χ2v) is 9.74. The van der Waals surface area contributed by atoms with E-state index in [1.165, 1.54) is 5.56 Å².